The fourth-order valence-electron chi connectivity index (χ4n) is 5.38. The molecule has 2 aliphatic heterocycles. The van der Waals surface area contributed by atoms with Gasteiger partial charge in [0.15, 0.2) is 5.82 Å². The van der Waals surface area contributed by atoms with Gasteiger partial charge in [-0.2, -0.15) is 5.10 Å². The molecule has 0 spiro atoms. The fourth-order valence-corrected chi connectivity index (χ4v) is 5.38. The highest BCUT2D eigenvalue weighted by molar-refractivity contribution is 6.04. The number of hydrogen-bond acceptors (Lipinski definition) is 6. The van der Waals surface area contributed by atoms with E-state index in [9.17, 15) is 13.2 Å². The van der Waals surface area contributed by atoms with Crippen LogP contribution in [0.1, 0.15) is 23.4 Å². The Labute approximate surface area is 227 Å². The lowest BCUT2D eigenvalue weighted by Gasteiger charge is -2.18. The smallest absolute Gasteiger partial charge is 0.261 e. The monoisotopic (exact) mass is 539 g/mol. The van der Waals surface area contributed by atoms with Gasteiger partial charge in [0.05, 0.1) is 29.5 Å². The first kappa shape index (κ1) is 24.5. The van der Waals surface area contributed by atoms with Gasteiger partial charge < -0.3 is 4.98 Å². The molecule has 0 amide bonds. The van der Waals surface area contributed by atoms with E-state index < -0.39 is 5.92 Å². The van der Waals surface area contributed by atoms with Crippen LogP contribution in [0.25, 0.3) is 33.3 Å². The molecule has 1 saturated heterocycles. The van der Waals surface area contributed by atoms with Gasteiger partial charge >= 0.3 is 0 Å². The number of benzene rings is 2. The molecule has 5 heterocycles. The lowest BCUT2D eigenvalue weighted by Crippen LogP contribution is -2.24. The molecule has 0 radical (unpaired) electrons. The summed E-state index contributed by atoms with van der Waals surface area (Å²) in [7, 11) is 0. The Morgan fingerprint density at radius 3 is 2.67 bits per heavy atom. The van der Waals surface area contributed by atoms with E-state index in [1.165, 1.54) is 12.1 Å². The number of nitrogens with zero attached hydrogens (tertiary/aromatic N) is 5. The van der Waals surface area contributed by atoms with Crippen molar-refractivity contribution in [3.8, 4) is 22.3 Å². The largest absolute Gasteiger partial charge is 0.336 e. The maximum absolute atomic E-state index is 13.9. The Morgan fingerprint density at radius 1 is 0.925 bits per heavy atom. The lowest BCUT2D eigenvalue weighted by atomic mass is 9.98. The summed E-state index contributed by atoms with van der Waals surface area (Å²) in [5, 5.41) is 4.55. The summed E-state index contributed by atoms with van der Waals surface area (Å²) in [5.74, 6) is -2.33. The first-order valence-corrected chi connectivity index (χ1v) is 13.0. The number of aromatic amines is 1. The minimum atomic E-state index is -2.62. The minimum absolute atomic E-state index is 0.101. The van der Waals surface area contributed by atoms with Crippen molar-refractivity contribution in [3.05, 3.63) is 96.1 Å². The van der Waals surface area contributed by atoms with Crippen molar-refractivity contribution in [1.82, 2.24) is 24.8 Å². The molecule has 2 N–H and O–H groups in total. The van der Waals surface area contributed by atoms with Crippen molar-refractivity contribution in [3.63, 3.8) is 0 Å². The number of fused-ring (bicyclic) bond motifs is 2. The van der Waals surface area contributed by atoms with Crippen molar-refractivity contribution in [2.75, 3.05) is 18.5 Å². The highest BCUT2D eigenvalue weighted by Gasteiger charge is 2.37. The standard InChI is InChI=1S/C30H24F3N7/c31-23-3-1-2-20(10-23)24-14-35-15-27-28(24)37-29(36-27)26-11-21-9-19(4-5-25(21)38-39-26)22-8-18(12-34-13-22)16-40-7-6-30(32,33)17-40/h1-5,8-10,12-15,38H,6-7,11,16-17H2,(H,36,37). The number of H-pyrrole nitrogens is 1. The topological polar surface area (TPSA) is 82.1 Å². The van der Waals surface area contributed by atoms with Gasteiger partial charge in [-0.3, -0.25) is 20.3 Å². The number of aromatic nitrogens is 4. The van der Waals surface area contributed by atoms with E-state index in [4.69, 9.17) is 4.98 Å². The normalized spacial score (nSPS) is 16.5. The summed E-state index contributed by atoms with van der Waals surface area (Å²) < 4.78 is 41.1. The summed E-state index contributed by atoms with van der Waals surface area (Å²) in [6.45, 7) is 0.606. The third-order valence-electron chi connectivity index (χ3n) is 7.36. The van der Waals surface area contributed by atoms with Crippen molar-refractivity contribution < 1.29 is 13.2 Å². The molecule has 2 aliphatic rings. The molecule has 3 aromatic heterocycles. The Bertz CT molecular complexity index is 1780. The first-order valence-electron chi connectivity index (χ1n) is 13.0. The molecule has 5 aromatic rings. The van der Waals surface area contributed by atoms with Crippen molar-refractivity contribution in [2.24, 2.45) is 5.10 Å². The molecule has 2 aromatic carbocycles. The summed E-state index contributed by atoms with van der Waals surface area (Å²) in [4.78, 5) is 18.6. The molecule has 200 valence electrons. The quantitative estimate of drug-likeness (QED) is 0.285. The third kappa shape index (κ3) is 4.71. The first-order chi connectivity index (χ1) is 19.4. The number of halogens is 3. The second kappa shape index (κ2) is 9.56. The van der Waals surface area contributed by atoms with Gasteiger partial charge in [-0.1, -0.05) is 18.2 Å². The highest BCUT2D eigenvalue weighted by Crippen LogP contribution is 2.32. The zero-order valence-electron chi connectivity index (χ0n) is 21.3. The third-order valence-corrected chi connectivity index (χ3v) is 7.36. The van der Waals surface area contributed by atoms with Gasteiger partial charge in [0.2, 0.25) is 0 Å². The van der Waals surface area contributed by atoms with Crippen LogP contribution in [-0.2, 0) is 13.0 Å². The number of nitrogens with one attached hydrogen (secondary N) is 2. The molecular weight excluding hydrogens is 515 g/mol. The predicted octanol–water partition coefficient (Wildman–Crippen LogP) is 6.04. The van der Waals surface area contributed by atoms with Gasteiger partial charge in [0, 0.05) is 55.6 Å². The van der Waals surface area contributed by atoms with E-state index in [2.05, 4.69) is 31.5 Å². The second-order valence-electron chi connectivity index (χ2n) is 10.3. The summed E-state index contributed by atoms with van der Waals surface area (Å²) >= 11 is 0. The Kier molecular flexibility index (Phi) is 5.85. The van der Waals surface area contributed by atoms with Crippen molar-refractivity contribution in [1.29, 1.82) is 0 Å². The number of hydrogen-bond donors (Lipinski definition) is 2. The molecule has 10 heteroatoms. The van der Waals surface area contributed by atoms with Gasteiger partial charge in [-0.05, 0) is 52.6 Å². The number of rotatable bonds is 5. The number of alkyl halides is 2. The van der Waals surface area contributed by atoms with Crippen molar-refractivity contribution >= 4 is 22.4 Å². The van der Waals surface area contributed by atoms with Crippen LogP contribution in [0.3, 0.4) is 0 Å². The fraction of sp³-hybridized carbons (Fsp3) is 0.200. The summed E-state index contributed by atoms with van der Waals surface area (Å²) in [5.41, 5.74) is 11.4. The predicted molar refractivity (Wildman–Crippen MR) is 148 cm³/mol. The number of hydrazone groups is 1. The molecule has 7 rings (SSSR count). The maximum atomic E-state index is 13.9. The Balaban J connectivity index is 1.15. The lowest BCUT2D eigenvalue weighted by molar-refractivity contribution is 0.0115. The minimum Gasteiger partial charge on any atom is -0.336 e. The van der Waals surface area contributed by atoms with Gasteiger partial charge in [0.1, 0.15) is 11.5 Å². The van der Waals surface area contributed by atoms with Crippen LogP contribution in [0, 0.1) is 5.82 Å². The summed E-state index contributed by atoms with van der Waals surface area (Å²) in [6, 6.07) is 14.4. The average Bonchev–Trinajstić information content (AvgIpc) is 3.55. The van der Waals surface area contributed by atoms with Crippen LogP contribution in [0.5, 0.6) is 0 Å². The van der Waals surface area contributed by atoms with E-state index in [0.717, 1.165) is 44.7 Å². The molecule has 0 atom stereocenters. The zero-order chi connectivity index (χ0) is 27.3. The van der Waals surface area contributed by atoms with Gasteiger partial charge in [0.25, 0.3) is 5.92 Å². The van der Waals surface area contributed by atoms with Crippen LogP contribution in [0.2, 0.25) is 0 Å². The molecule has 1 fully saturated rings. The van der Waals surface area contributed by atoms with E-state index in [0.29, 0.717) is 36.4 Å². The molecule has 0 saturated carbocycles. The van der Waals surface area contributed by atoms with Crippen LogP contribution >= 0.6 is 0 Å². The highest BCUT2D eigenvalue weighted by atomic mass is 19.3. The molecule has 0 bridgehead atoms. The van der Waals surface area contributed by atoms with Crippen LogP contribution in [0.15, 0.2) is 78.4 Å². The number of anilines is 1. The van der Waals surface area contributed by atoms with E-state index in [1.54, 1.807) is 35.8 Å². The average molecular weight is 540 g/mol. The van der Waals surface area contributed by atoms with Crippen molar-refractivity contribution in [2.45, 2.75) is 25.3 Å². The number of pyridine rings is 2. The Hall–Kier alpha value is -4.57. The second-order valence-corrected chi connectivity index (χ2v) is 10.3. The van der Waals surface area contributed by atoms with Crippen LogP contribution < -0.4 is 5.43 Å². The summed E-state index contributed by atoms with van der Waals surface area (Å²) in [6.07, 6.45) is 7.33. The van der Waals surface area contributed by atoms with Crippen LogP contribution in [-0.4, -0.2) is 49.6 Å². The van der Waals surface area contributed by atoms with E-state index >= 15 is 0 Å². The van der Waals surface area contributed by atoms with E-state index in [-0.39, 0.29) is 18.8 Å². The number of likely N-dealkylation sites (tertiary alicyclic amines) is 1. The number of imidazole rings is 1. The van der Waals surface area contributed by atoms with Gasteiger partial charge in [-0.25, -0.2) is 18.2 Å². The molecule has 7 nitrogen and oxygen atoms in total. The van der Waals surface area contributed by atoms with Crippen LogP contribution in [0.4, 0.5) is 18.9 Å². The maximum Gasteiger partial charge on any atom is 0.261 e. The molecule has 0 aliphatic carbocycles. The van der Waals surface area contributed by atoms with E-state index in [1.807, 2.05) is 24.3 Å². The molecular formula is C30H24F3N7. The molecule has 40 heavy (non-hydrogen) atoms. The Morgan fingerprint density at radius 2 is 1.82 bits per heavy atom. The zero-order valence-corrected chi connectivity index (χ0v) is 21.3. The van der Waals surface area contributed by atoms with Gasteiger partial charge in [-0.15, -0.1) is 0 Å². The SMILES string of the molecule is Fc1cccc(-c2cncc3[nH]c(C4=NNc5ccc(-c6cncc(CN7CCC(F)(F)C7)c6)cc5C4)nc23)c1. The molecule has 0 unspecified atom stereocenters.